The van der Waals surface area contributed by atoms with Crippen LogP contribution in [0, 0.1) is 0 Å². The van der Waals surface area contributed by atoms with Crippen LogP contribution in [-0.2, 0) is 11.3 Å². The van der Waals surface area contributed by atoms with E-state index in [2.05, 4.69) is 5.10 Å². The topological polar surface area (TPSA) is 61.2 Å². The lowest BCUT2D eigenvalue weighted by molar-refractivity contribution is -0.135. The molecular weight excluding hydrogens is 392 g/mol. The summed E-state index contributed by atoms with van der Waals surface area (Å²) in [6, 6.07) is 20.1. The molecule has 28 heavy (non-hydrogen) atoms. The molecule has 1 aliphatic heterocycles. The van der Waals surface area contributed by atoms with E-state index in [0.29, 0.717) is 16.0 Å². The standard InChI is InChI=1S/C21H18N2O3S2/c24-19-11-10-18(15-4-2-1-3-5-15)22-23(19)14-20(25)26-17-8-6-16(7-9-17)21-27-12-13-28-21/h1-11,21H,12-14H2. The highest BCUT2D eigenvalue weighted by atomic mass is 32.2. The van der Waals surface area contributed by atoms with Crippen molar-refractivity contribution in [2.24, 2.45) is 0 Å². The number of hydrogen-bond acceptors (Lipinski definition) is 6. The highest BCUT2D eigenvalue weighted by Crippen LogP contribution is 2.45. The first-order valence-electron chi connectivity index (χ1n) is 8.86. The highest BCUT2D eigenvalue weighted by molar-refractivity contribution is 8.19. The van der Waals surface area contributed by atoms with Crippen LogP contribution in [0.5, 0.6) is 5.75 Å². The maximum absolute atomic E-state index is 12.3. The molecule has 0 unspecified atom stereocenters. The van der Waals surface area contributed by atoms with Gasteiger partial charge in [0.25, 0.3) is 5.56 Å². The van der Waals surface area contributed by atoms with Gasteiger partial charge in [0.1, 0.15) is 12.3 Å². The van der Waals surface area contributed by atoms with E-state index in [1.54, 1.807) is 18.2 Å². The fourth-order valence-corrected chi connectivity index (χ4v) is 5.71. The van der Waals surface area contributed by atoms with E-state index in [1.807, 2.05) is 66.0 Å². The van der Waals surface area contributed by atoms with E-state index >= 15 is 0 Å². The van der Waals surface area contributed by atoms with Crippen LogP contribution in [-0.4, -0.2) is 27.3 Å². The van der Waals surface area contributed by atoms with E-state index in [-0.39, 0.29) is 12.1 Å². The predicted molar refractivity (Wildman–Crippen MR) is 114 cm³/mol. The fourth-order valence-electron chi connectivity index (χ4n) is 2.85. The Balaban J connectivity index is 1.44. The van der Waals surface area contributed by atoms with Crippen molar-refractivity contribution < 1.29 is 9.53 Å². The Morgan fingerprint density at radius 2 is 1.71 bits per heavy atom. The minimum absolute atomic E-state index is 0.240. The summed E-state index contributed by atoms with van der Waals surface area (Å²) in [5.74, 6) is 2.26. The van der Waals surface area contributed by atoms with Gasteiger partial charge in [0.2, 0.25) is 0 Å². The zero-order valence-electron chi connectivity index (χ0n) is 15.0. The Hall–Kier alpha value is -2.51. The summed E-state index contributed by atoms with van der Waals surface area (Å²) >= 11 is 3.85. The normalized spacial score (nSPS) is 14.1. The van der Waals surface area contributed by atoms with Crippen LogP contribution in [0.15, 0.2) is 71.5 Å². The Morgan fingerprint density at radius 1 is 1.00 bits per heavy atom. The molecule has 0 N–H and O–H groups in total. The SMILES string of the molecule is O=C(Cn1nc(-c2ccccc2)ccc1=O)Oc1ccc(C2SCCS2)cc1. The molecule has 0 bridgehead atoms. The monoisotopic (exact) mass is 410 g/mol. The van der Waals surface area contributed by atoms with Gasteiger partial charge in [0, 0.05) is 23.1 Å². The smallest absolute Gasteiger partial charge is 0.333 e. The first-order chi connectivity index (χ1) is 13.7. The molecule has 0 saturated carbocycles. The van der Waals surface area contributed by atoms with E-state index in [4.69, 9.17) is 4.74 Å². The number of benzene rings is 2. The summed E-state index contributed by atoms with van der Waals surface area (Å²) in [5, 5.41) is 4.29. The third-order valence-electron chi connectivity index (χ3n) is 4.22. The van der Waals surface area contributed by atoms with Crippen molar-refractivity contribution in [1.29, 1.82) is 0 Å². The Bertz CT molecular complexity index is 1010. The van der Waals surface area contributed by atoms with Gasteiger partial charge in [-0.25, -0.2) is 9.48 Å². The van der Waals surface area contributed by atoms with Gasteiger partial charge in [-0.2, -0.15) is 5.10 Å². The number of carbonyl (C=O) groups is 1. The van der Waals surface area contributed by atoms with Crippen molar-refractivity contribution >= 4 is 29.5 Å². The second-order valence-electron chi connectivity index (χ2n) is 6.20. The molecule has 4 rings (SSSR count). The molecule has 0 spiro atoms. The minimum Gasteiger partial charge on any atom is -0.425 e. The van der Waals surface area contributed by atoms with E-state index in [9.17, 15) is 9.59 Å². The largest absolute Gasteiger partial charge is 0.425 e. The van der Waals surface area contributed by atoms with Gasteiger partial charge in [0.15, 0.2) is 0 Å². The van der Waals surface area contributed by atoms with Crippen molar-refractivity contribution in [2.75, 3.05) is 11.5 Å². The average molecular weight is 411 g/mol. The van der Waals surface area contributed by atoms with Gasteiger partial charge in [-0.3, -0.25) is 4.79 Å². The van der Waals surface area contributed by atoms with E-state index in [1.165, 1.54) is 11.6 Å². The summed E-state index contributed by atoms with van der Waals surface area (Å²) in [5.41, 5.74) is 2.38. The van der Waals surface area contributed by atoms with Crippen LogP contribution in [0.4, 0.5) is 0 Å². The van der Waals surface area contributed by atoms with Crippen molar-refractivity contribution in [1.82, 2.24) is 9.78 Å². The molecule has 7 heteroatoms. The Labute approximate surface area is 171 Å². The van der Waals surface area contributed by atoms with Gasteiger partial charge < -0.3 is 4.74 Å². The third kappa shape index (κ3) is 4.48. The zero-order chi connectivity index (χ0) is 19.3. The molecule has 0 radical (unpaired) electrons. The molecule has 2 aromatic carbocycles. The molecule has 0 aliphatic carbocycles. The second-order valence-corrected chi connectivity index (χ2v) is 8.92. The maximum Gasteiger partial charge on any atom is 0.333 e. The van der Waals surface area contributed by atoms with Crippen molar-refractivity contribution in [2.45, 2.75) is 11.1 Å². The number of hydrogen-bond donors (Lipinski definition) is 0. The summed E-state index contributed by atoms with van der Waals surface area (Å²) < 4.78 is 6.97. The maximum atomic E-state index is 12.3. The first-order valence-corrected chi connectivity index (χ1v) is 11.0. The summed E-state index contributed by atoms with van der Waals surface area (Å²) in [4.78, 5) is 24.4. The lowest BCUT2D eigenvalue weighted by Gasteiger charge is -2.10. The Kier molecular flexibility index (Phi) is 5.83. The van der Waals surface area contributed by atoms with E-state index in [0.717, 1.165) is 21.8 Å². The molecule has 1 aliphatic rings. The van der Waals surface area contributed by atoms with Crippen molar-refractivity contribution in [3.8, 4) is 17.0 Å². The summed E-state index contributed by atoms with van der Waals surface area (Å²) in [6.45, 7) is -0.240. The lowest BCUT2D eigenvalue weighted by atomic mass is 10.1. The average Bonchev–Trinajstić information content (AvgIpc) is 3.26. The highest BCUT2D eigenvalue weighted by Gasteiger charge is 2.18. The van der Waals surface area contributed by atoms with Gasteiger partial charge in [0.05, 0.1) is 10.3 Å². The molecule has 142 valence electrons. The van der Waals surface area contributed by atoms with Crippen LogP contribution in [0.2, 0.25) is 0 Å². The fraction of sp³-hybridized carbons (Fsp3) is 0.190. The quantitative estimate of drug-likeness (QED) is 0.468. The van der Waals surface area contributed by atoms with Crippen LogP contribution < -0.4 is 10.3 Å². The molecule has 1 aromatic heterocycles. The number of nitrogens with zero attached hydrogens (tertiary/aromatic N) is 2. The number of aromatic nitrogens is 2. The number of carbonyl (C=O) groups excluding carboxylic acids is 1. The van der Waals surface area contributed by atoms with Gasteiger partial charge in [-0.1, -0.05) is 42.5 Å². The van der Waals surface area contributed by atoms with Gasteiger partial charge in [-0.05, 0) is 23.8 Å². The number of esters is 1. The number of ether oxygens (including phenoxy) is 1. The summed E-state index contributed by atoms with van der Waals surface area (Å²) in [6.07, 6.45) is 0. The minimum atomic E-state index is -0.530. The zero-order valence-corrected chi connectivity index (χ0v) is 16.6. The van der Waals surface area contributed by atoms with Crippen LogP contribution >= 0.6 is 23.5 Å². The number of rotatable bonds is 5. The molecule has 5 nitrogen and oxygen atoms in total. The van der Waals surface area contributed by atoms with Crippen molar-refractivity contribution in [3.05, 3.63) is 82.6 Å². The lowest BCUT2D eigenvalue weighted by Crippen LogP contribution is -2.28. The Morgan fingerprint density at radius 3 is 2.43 bits per heavy atom. The van der Waals surface area contributed by atoms with Crippen LogP contribution in [0.3, 0.4) is 0 Å². The predicted octanol–water partition coefficient (Wildman–Crippen LogP) is 3.99. The third-order valence-corrected chi connectivity index (χ3v) is 7.33. The molecular formula is C21H18N2O3S2. The molecule has 3 aromatic rings. The molecule has 2 heterocycles. The van der Waals surface area contributed by atoms with Gasteiger partial charge in [-0.15, -0.1) is 23.5 Å². The van der Waals surface area contributed by atoms with E-state index < -0.39 is 5.97 Å². The van der Waals surface area contributed by atoms with Crippen LogP contribution in [0.25, 0.3) is 11.3 Å². The first kappa shape index (κ1) is 18.8. The molecule has 0 amide bonds. The molecule has 1 saturated heterocycles. The second kappa shape index (κ2) is 8.67. The molecule has 1 fully saturated rings. The molecule has 0 atom stereocenters. The number of thioether (sulfide) groups is 2. The van der Waals surface area contributed by atoms with Crippen molar-refractivity contribution in [3.63, 3.8) is 0 Å². The van der Waals surface area contributed by atoms with Crippen LogP contribution in [0.1, 0.15) is 10.1 Å². The van der Waals surface area contributed by atoms with Gasteiger partial charge >= 0.3 is 5.97 Å². The summed E-state index contributed by atoms with van der Waals surface area (Å²) in [7, 11) is 0.